The van der Waals surface area contributed by atoms with Gasteiger partial charge in [0.15, 0.2) is 0 Å². The molecule has 0 aliphatic heterocycles. The van der Waals surface area contributed by atoms with Crippen LogP contribution in [0.3, 0.4) is 0 Å². The van der Waals surface area contributed by atoms with Crippen molar-refractivity contribution in [1.29, 1.82) is 0 Å². The third-order valence-corrected chi connectivity index (χ3v) is 4.75. The normalized spacial score (nSPS) is 12.7. The second-order valence-corrected chi connectivity index (χ2v) is 7.39. The minimum Gasteiger partial charge on any atom is -0.457 e. The van der Waals surface area contributed by atoms with Crippen LogP contribution in [0, 0.1) is 11.6 Å². The Morgan fingerprint density at radius 2 is 1.66 bits per heavy atom. The molecule has 3 amide bonds. The summed E-state index contributed by atoms with van der Waals surface area (Å²) in [4.78, 5) is 27.4. The highest BCUT2D eigenvalue weighted by molar-refractivity contribution is 6.00. The van der Waals surface area contributed by atoms with E-state index in [9.17, 15) is 18.4 Å². The fraction of sp³-hybridized carbons (Fsp3) is 0.174. The van der Waals surface area contributed by atoms with E-state index in [-0.39, 0.29) is 23.0 Å². The van der Waals surface area contributed by atoms with Gasteiger partial charge in [0, 0.05) is 25.3 Å². The molecule has 0 spiro atoms. The van der Waals surface area contributed by atoms with Crippen molar-refractivity contribution in [1.82, 2.24) is 4.98 Å². The zero-order valence-corrected chi connectivity index (χ0v) is 17.1. The summed E-state index contributed by atoms with van der Waals surface area (Å²) < 4.78 is 34.1. The van der Waals surface area contributed by atoms with Crippen LogP contribution in [0.2, 0.25) is 0 Å². The number of urea groups is 1. The van der Waals surface area contributed by atoms with Gasteiger partial charge in [0.2, 0.25) is 5.91 Å². The summed E-state index contributed by atoms with van der Waals surface area (Å²) in [7, 11) is 0. The van der Waals surface area contributed by atoms with Crippen LogP contribution in [0.15, 0.2) is 54.7 Å². The third-order valence-electron chi connectivity index (χ3n) is 4.75. The van der Waals surface area contributed by atoms with E-state index in [1.165, 1.54) is 37.4 Å². The molecule has 0 atom stereocenters. The summed E-state index contributed by atoms with van der Waals surface area (Å²) in [6, 6.07) is 10.8. The zero-order chi connectivity index (χ0) is 22.7. The molecule has 1 aliphatic carbocycles. The standard InChI is InChI=1S/C23H20F2N4O3/c1-13(30)27-22-12-17(8-9-26-22)32-16-5-7-20(19(25)11-16)28-23(31)29-21-10-15(14-2-3-14)4-6-18(21)24/h4-12,14H,2-3H2,1H3,(H,26,27,30)(H2,28,29,31). The fourth-order valence-electron chi connectivity index (χ4n) is 3.11. The number of ether oxygens (including phenoxy) is 1. The van der Waals surface area contributed by atoms with Crippen LogP contribution in [-0.4, -0.2) is 16.9 Å². The number of aromatic nitrogens is 1. The average molecular weight is 438 g/mol. The molecule has 0 radical (unpaired) electrons. The van der Waals surface area contributed by atoms with Crippen molar-refractivity contribution < 1.29 is 23.1 Å². The molecular formula is C23H20F2N4O3. The summed E-state index contributed by atoms with van der Waals surface area (Å²) in [5.41, 5.74) is 0.911. The van der Waals surface area contributed by atoms with Crippen molar-refractivity contribution in [2.24, 2.45) is 0 Å². The molecule has 2 aromatic carbocycles. The lowest BCUT2D eigenvalue weighted by molar-refractivity contribution is -0.114. The number of hydrogen-bond donors (Lipinski definition) is 3. The highest BCUT2D eigenvalue weighted by Gasteiger charge is 2.24. The topological polar surface area (TPSA) is 92.4 Å². The van der Waals surface area contributed by atoms with Crippen molar-refractivity contribution in [3.63, 3.8) is 0 Å². The number of nitrogens with zero attached hydrogens (tertiary/aromatic N) is 1. The maximum atomic E-state index is 14.5. The van der Waals surface area contributed by atoms with E-state index in [0.717, 1.165) is 24.5 Å². The minimum absolute atomic E-state index is 0.0416. The molecule has 1 heterocycles. The van der Waals surface area contributed by atoms with Gasteiger partial charge in [-0.1, -0.05) is 6.07 Å². The van der Waals surface area contributed by atoms with Crippen LogP contribution >= 0.6 is 0 Å². The average Bonchev–Trinajstić information content (AvgIpc) is 3.57. The monoisotopic (exact) mass is 438 g/mol. The summed E-state index contributed by atoms with van der Waals surface area (Å²) in [6.45, 7) is 1.35. The number of carbonyl (C=O) groups excluding carboxylic acids is 2. The maximum absolute atomic E-state index is 14.5. The molecule has 1 saturated carbocycles. The second-order valence-electron chi connectivity index (χ2n) is 7.39. The summed E-state index contributed by atoms with van der Waals surface area (Å²) in [5.74, 6) is -0.370. The zero-order valence-electron chi connectivity index (χ0n) is 17.1. The molecule has 1 fully saturated rings. The van der Waals surface area contributed by atoms with E-state index in [2.05, 4.69) is 20.9 Å². The van der Waals surface area contributed by atoms with E-state index in [0.29, 0.717) is 17.5 Å². The summed E-state index contributed by atoms with van der Waals surface area (Å²) >= 11 is 0. The van der Waals surface area contributed by atoms with E-state index in [1.54, 1.807) is 18.2 Å². The quantitative estimate of drug-likeness (QED) is 0.465. The van der Waals surface area contributed by atoms with Gasteiger partial charge in [-0.3, -0.25) is 4.79 Å². The summed E-state index contributed by atoms with van der Waals surface area (Å²) in [6.07, 6.45) is 3.53. The molecule has 9 heteroatoms. The number of pyridine rings is 1. The Morgan fingerprint density at radius 1 is 0.906 bits per heavy atom. The number of benzene rings is 2. The predicted octanol–water partition coefficient (Wildman–Crippen LogP) is 5.63. The predicted molar refractivity (Wildman–Crippen MR) is 116 cm³/mol. The Balaban J connectivity index is 1.41. The molecule has 164 valence electrons. The highest BCUT2D eigenvalue weighted by atomic mass is 19.1. The second kappa shape index (κ2) is 9.01. The van der Waals surface area contributed by atoms with Gasteiger partial charge in [-0.25, -0.2) is 18.6 Å². The van der Waals surface area contributed by atoms with E-state index in [1.807, 2.05) is 0 Å². The van der Waals surface area contributed by atoms with Gasteiger partial charge in [-0.2, -0.15) is 0 Å². The van der Waals surface area contributed by atoms with Gasteiger partial charge in [-0.15, -0.1) is 0 Å². The number of nitrogens with one attached hydrogen (secondary N) is 3. The molecule has 3 N–H and O–H groups in total. The van der Waals surface area contributed by atoms with Crippen molar-refractivity contribution in [2.75, 3.05) is 16.0 Å². The number of halogens is 2. The lowest BCUT2D eigenvalue weighted by Crippen LogP contribution is -2.21. The Hall–Kier alpha value is -4.01. The van der Waals surface area contributed by atoms with Gasteiger partial charge in [0.05, 0.1) is 11.4 Å². The molecule has 3 aromatic rings. The Morgan fingerprint density at radius 3 is 2.38 bits per heavy atom. The van der Waals surface area contributed by atoms with Crippen LogP contribution in [0.25, 0.3) is 0 Å². The van der Waals surface area contributed by atoms with Crippen molar-refractivity contribution >= 4 is 29.1 Å². The number of anilines is 3. The van der Waals surface area contributed by atoms with Crippen molar-refractivity contribution in [3.05, 3.63) is 71.9 Å². The third kappa shape index (κ3) is 5.37. The van der Waals surface area contributed by atoms with Crippen LogP contribution < -0.4 is 20.7 Å². The van der Waals surface area contributed by atoms with Crippen LogP contribution in [-0.2, 0) is 4.79 Å². The summed E-state index contributed by atoms with van der Waals surface area (Å²) in [5, 5.41) is 7.31. The first-order valence-electron chi connectivity index (χ1n) is 9.96. The number of carbonyl (C=O) groups is 2. The Kier molecular flexibility index (Phi) is 5.98. The number of hydrogen-bond acceptors (Lipinski definition) is 4. The smallest absolute Gasteiger partial charge is 0.323 e. The van der Waals surface area contributed by atoms with Gasteiger partial charge >= 0.3 is 6.03 Å². The van der Waals surface area contributed by atoms with Crippen molar-refractivity contribution in [3.8, 4) is 11.5 Å². The van der Waals surface area contributed by atoms with Crippen LogP contribution in [0.1, 0.15) is 31.2 Å². The maximum Gasteiger partial charge on any atom is 0.323 e. The lowest BCUT2D eigenvalue weighted by atomic mass is 10.1. The molecule has 4 rings (SSSR count). The van der Waals surface area contributed by atoms with Crippen LogP contribution in [0.5, 0.6) is 11.5 Å². The molecule has 32 heavy (non-hydrogen) atoms. The lowest BCUT2D eigenvalue weighted by Gasteiger charge is -2.12. The van der Waals surface area contributed by atoms with Gasteiger partial charge in [0.25, 0.3) is 0 Å². The fourth-order valence-corrected chi connectivity index (χ4v) is 3.11. The molecule has 7 nitrogen and oxygen atoms in total. The SMILES string of the molecule is CC(=O)Nc1cc(Oc2ccc(NC(=O)Nc3cc(C4CC4)ccc3F)c(F)c2)ccn1. The Labute approximate surface area is 182 Å². The first-order chi connectivity index (χ1) is 15.4. The molecule has 1 aromatic heterocycles. The van der Waals surface area contributed by atoms with E-state index < -0.39 is 17.7 Å². The van der Waals surface area contributed by atoms with Crippen molar-refractivity contribution in [2.45, 2.75) is 25.7 Å². The molecule has 1 aliphatic rings. The van der Waals surface area contributed by atoms with Crippen LogP contribution in [0.4, 0.5) is 30.8 Å². The largest absolute Gasteiger partial charge is 0.457 e. The first kappa shape index (κ1) is 21.2. The highest BCUT2D eigenvalue weighted by Crippen LogP contribution is 2.41. The van der Waals surface area contributed by atoms with Gasteiger partial charge in [-0.05, 0) is 54.7 Å². The Bertz CT molecular complexity index is 1180. The van der Waals surface area contributed by atoms with E-state index >= 15 is 0 Å². The minimum atomic E-state index is -0.765. The number of rotatable bonds is 6. The molecule has 0 bridgehead atoms. The molecule has 0 saturated heterocycles. The van der Waals surface area contributed by atoms with Gasteiger partial charge in [0.1, 0.15) is 29.0 Å². The first-order valence-corrected chi connectivity index (χ1v) is 9.96. The van der Waals surface area contributed by atoms with Gasteiger partial charge < -0.3 is 20.7 Å². The molecular weight excluding hydrogens is 418 g/mol. The van der Waals surface area contributed by atoms with E-state index in [4.69, 9.17) is 4.74 Å². The number of amides is 3. The molecule has 0 unspecified atom stereocenters.